The summed E-state index contributed by atoms with van der Waals surface area (Å²) in [6.45, 7) is -0.0522. The highest BCUT2D eigenvalue weighted by atomic mass is 32.2. The Bertz CT molecular complexity index is 1500. The molecule has 8 rings (SSSR count). The molecule has 8 aliphatic rings. The van der Waals surface area contributed by atoms with Crippen molar-refractivity contribution >= 4 is 28.0 Å². The number of likely N-dealkylation sites (tertiary alicyclic amines) is 1. The van der Waals surface area contributed by atoms with Gasteiger partial charge >= 0.3 is 39.2 Å². The van der Waals surface area contributed by atoms with Crippen molar-refractivity contribution in [2.24, 2.45) is 35.0 Å². The maximum absolute atomic E-state index is 14.2. The molecule has 1 spiro atoms. The standard InChI is InChI=1S/C29H35F6NO11S/c1-24(2,3)36-17-18-15(21(36)37)16(22(38)43-11-28(34,35)48(40,41)42)19(46-18)20(17)47-23(39)25-6-12-4-13(7-25)29(14(5-12)8-25)44-9-26(30,31)27(32,33)10-45-29/h12-20H,4-11H2,1-3H3,(H,40,41,42). The Balaban J connectivity index is 1.14. The van der Waals surface area contributed by atoms with Crippen LogP contribution in [0.5, 0.6) is 0 Å². The molecule has 1 N–H and O–H groups in total. The van der Waals surface area contributed by atoms with Crippen LogP contribution in [-0.4, -0.2) is 108 Å². The quantitative estimate of drug-likeness (QED) is 0.245. The zero-order valence-electron chi connectivity index (χ0n) is 26.0. The minimum atomic E-state index is -5.93. The third-order valence-electron chi connectivity index (χ3n) is 11.5. The van der Waals surface area contributed by atoms with E-state index in [0.29, 0.717) is 19.3 Å². The SMILES string of the molecule is CC(C)(C)N1C(=O)C2C3OC(C(OC(=O)C45CC6CC(C4)C4(OCC(F)(F)C(F)(F)CO4)C(C6)C5)C31)C2C(=O)OCC(F)(F)S(=O)(=O)O. The van der Waals surface area contributed by atoms with Gasteiger partial charge in [-0.05, 0) is 58.8 Å². The van der Waals surface area contributed by atoms with E-state index in [0.717, 1.165) is 0 Å². The molecule has 0 aromatic carbocycles. The molecule has 4 aliphatic carbocycles. The average Bonchev–Trinajstić information content (AvgIpc) is 3.55. The Morgan fingerprint density at radius 1 is 0.979 bits per heavy atom. The van der Waals surface area contributed by atoms with E-state index >= 15 is 0 Å². The minimum absolute atomic E-state index is 0.0169. The summed E-state index contributed by atoms with van der Waals surface area (Å²) in [5, 5.41) is -4.83. The Kier molecular flexibility index (Phi) is 7.27. The van der Waals surface area contributed by atoms with Crippen LogP contribution in [0, 0.1) is 35.0 Å². The molecule has 12 nitrogen and oxygen atoms in total. The molecule has 4 aliphatic heterocycles. The second-order valence-electron chi connectivity index (χ2n) is 15.4. The number of hydrogen-bond donors (Lipinski definition) is 1. The third kappa shape index (κ3) is 4.68. The maximum atomic E-state index is 14.2. The third-order valence-corrected chi connectivity index (χ3v) is 12.4. The van der Waals surface area contributed by atoms with E-state index in [4.69, 9.17) is 23.5 Å². The molecule has 270 valence electrons. The van der Waals surface area contributed by atoms with E-state index in [2.05, 4.69) is 4.74 Å². The van der Waals surface area contributed by atoms with Crippen molar-refractivity contribution in [3.8, 4) is 0 Å². The molecule has 8 fully saturated rings. The van der Waals surface area contributed by atoms with Crippen molar-refractivity contribution in [2.45, 2.75) is 106 Å². The summed E-state index contributed by atoms with van der Waals surface area (Å²) in [4.78, 5) is 42.5. The van der Waals surface area contributed by atoms with Crippen molar-refractivity contribution in [3.63, 3.8) is 0 Å². The first-order chi connectivity index (χ1) is 21.9. The maximum Gasteiger partial charge on any atom is 0.402 e. The number of ether oxygens (including phenoxy) is 5. The lowest BCUT2D eigenvalue weighted by molar-refractivity contribution is -0.346. The van der Waals surface area contributed by atoms with Crippen molar-refractivity contribution in [1.82, 2.24) is 4.90 Å². The lowest BCUT2D eigenvalue weighted by atomic mass is 9.47. The number of hydrogen-bond acceptors (Lipinski definition) is 10. The van der Waals surface area contributed by atoms with Crippen LogP contribution < -0.4 is 0 Å². The molecular formula is C29H35F6NO11S. The molecule has 6 bridgehead atoms. The number of halogens is 6. The number of alkyl halides is 6. The molecule has 0 aromatic heterocycles. The van der Waals surface area contributed by atoms with Crippen LogP contribution in [0.1, 0.15) is 52.9 Å². The molecule has 0 radical (unpaired) electrons. The van der Waals surface area contributed by atoms with E-state index < -0.39 is 130 Å². The van der Waals surface area contributed by atoms with Crippen LogP contribution in [0.2, 0.25) is 0 Å². The smallest absolute Gasteiger partial charge is 0.402 e. The molecule has 4 heterocycles. The summed E-state index contributed by atoms with van der Waals surface area (Å²) in [5.41, 5.74) is -2.09. The van der Waals surface area contributed by atoms with Crippen LogP contribution in [0.25, 0.3) is 0 Å². The Morgan fingerprint density at radius 3 is 2.06 bits per heavy atom. The van der Waals surface area contributed by atoms with Crippen molar-refractivity contribution in [2.75, 3.05) is 19.8 Å². The summed E-state index contributed by atoms with van der Waals surface area (Å²) < 4.78 is 143. The van der Waals surface area contributed by atoms with Crippen molar-refractivity contribution in [1.29, 1.82) is 0 Å². The van der Waals surface area contributed by atoms with E-state index in [1.54, 1.807) is 20.8 Å². The molecule has 4 saturated carbocycles. The van der Waals surface area contributed by atoms with E-state index in [-0.39, 0.29) is 18.8 Å². The number of carbonyl (C=O) groups is 3. The lowest BCUT2D eigenvalue weighted by Gasteiger charge is -2.62. The van der Waals surface area contributed by atoms with Gasteiger partial charge in [0.15, 0.2) is 18.5 Å². The van der Waals surface area contributed by atoms with Crippen molar-refractivity contribution in [3.05, 3.63) is 0 Å². The van der Waals surface area contributed by atoms with Gasteiger partial charge < -0.3 is 28.6 Å². The average molecular weight is 720 g/mol. The number of nitrogens with zero attached hydrogens (tertiary/aromatic N) is 1. The number of fused-ring (bicyclic) bond motifs is 1. The Hall–Kier alpha value is -2.22. The molecule has 8 unspecified atom stereocenters. The van der Waals surface area contributed by atoms with Gasteiger partial charge in [-0.3, -0.25) is 18.9 Å². The van der Waals surface area contributed by atoms with Crippen LogP contribution in [0.15, 0.2) is 0 Å². The van der Waals surface area contributed by atoms with Gasteiger partial charge in [0.25, 0.3) is 0 Å². The topological polar surface area (TPSA) is 155 Å². The highest BCUT2D eigenvalue weighted by Gasteiger charge is 2.75. The number of rotatable bonds is 6. The van der Waals surface area contributed by atoms with Crippen LogP contribution in [0.4, 0.5) is 26.3 Å². The van der Waals surface area contributed by atoms with Crippen molar-refractivity contribution < 1.29 is 77.4 Å². The molecule has 19 heteroatoms. The van der Waals surface area contributed by atoms with Crippen LogP contribution in [-0.2, 0) is 48.2 Å². The summed E-state index contributed by atoms with van der Waals surface area (Å²) >= 11 is 0. The highest BCUT2D eigenvalue weighted by molar-refractivity contribution is 7.86. The highest BCUT2D eigenvalue weighted by Crippen LogP contribution is 2.66. The molecule has 48 heavy (non-hydrogen) atoms. The normalized spacial score (nSPS) is 41.9. The monoisotopic (exact) mass is 719 g/mol. The van der Waals surface area contributed by atoms with Gasteiger partial charge in [0.2, 0.25) is 5.91 Å². The van der Waals surface area contributed by atoms with Gasteiger partial charge in [-0.1, -0.05) is 0 Å². The first-order valence-corrected chi connectivity index (χ1v) is 17.1. The number of amides is 1. The van der Waals surface area contributed by atoms with Gasteiger partial charge in [0, 0.05) is 17.4 Å². The van der Waals surface area contributed by atoms with E-state index in [1.165, 1.54) is 4.90 Å². The summed E-state index contributed by atoms with van der Waals surface area (Å²) in [6.07, 6.45) is -2.48. The molecule has 0 aromatic rings. The van der Waals surface area contributed by atoms with Gasteiger partial charge in [-0.2, -0.15) is 34.8 Å². The summed E-state index contributed by atoms with van der Waals surface area (Å²) in [6, 6.07) is -0.877. The van der Waals surface area contributed by atoms with Crippen LogP contribution in [0.3, 0.4) is 0 Å². The molecule has 1 amide bonds. The molecular weight excluding hydrogens is 684 g/mol. The first-order valence-electron chi connectivity index (χ1n) is 15.7. The fourth-order valence-electron chi connectivity index (χ4n) is 9.69. The Morgan fingerprint density at radius 2 is 1.54 bits per heavy atom. The molecule has 4 saturated heterocycles. The van der Waals surface area contributed by atoms with Crippen LogP contribution >= 0.6 is 0 Å². The molecule has 8 atom stereocenters. The predicted molar refractivity (Wildman–Crippen MR) is 144 cm³/mol. The number of esters is 2. The zero-order chi connectivity index (χ0) is 35.2. The fraction of sp³-hybridized carbons (Fsp3) is 0.897. The van der Waals surface area contributed by atoms with Gasteiger partial charge in [0.1, 0.15) is 25.2 Å². The summed E-state index contributed by atoms with van der Waals surface area (Å²) in [5.74, 6) is -17.6. The first kappa shape index (κ1) is 34.2. The van der Waals surface area contributed by atoms with Gasteiger partial charge in [0.05, 0.1) is 23.5 Å². The van der Waals surface area contributed by atoms with Gasteiger partial charge in [-0.25, -0.2) is 0 Å². The second-order valence-corrected chi connectivity index (χ2v) is 17.0. The minimum Gasteiger partial charge on any atom is -0.458 e. The number of carbonyl (C=O) groups excluding carboxylic acids is 3. The Labute approximate surface area is 270 Å². The van der Waals surface area contributed by atoms with Gasteiger partial charge in [-0.15, -0.1) is 0 Å². The fourth-order valence-corrected chi connectivity index (χ4v) is 9.90. The summed E-state index contributed by atoms with van der Waals surface area (Å²) in [7, 11) is -5.93. The second kappa shape index (κ2) is 10.2. The van der Waals surface area contributed by atoms with E-state index in [1.807, 2.05) is 0 Å². The predicted octanol–water partition coefficient (Wildman–Crippen LogP) is 2.78. The zero-order valence-corrected chi connectivity index (χ0v) is 26.8. The lowest BCUT2D eigenvalue weighted by Crippen LogP contribution is -2.65. The largest absolute Gasteiger partial charge is 0.458 e. The van der Waals surface area contributed by atoms with E-state index in [9.17, 15) is 49.1 Å².